The van der Waals surface area contributed by atoms with Gasteiger partial charge in [0.25, 0.3) is 5.56 Å². The van der Waals surface area contributed by atoms with E-state index in [0.29, 0.717) is 20.9 Å². The molecular weight excluding hydrogens is 481 g/mol. The van der Waals surface area contributed by atoms with Crippen molar-refractivity contribution >= 4 is 68.0 Å². The van der Waals surface area contributed by atoms with Crippen molar-refractivity contribution in [1.29, 1.82) is 0 Å². The fraction of sp³-hybridized carbons (Fsp3) is 0.0952. The first-order valence-corrected chi connectivity index (χ1v) is 11.0. The summed E-state index contributed by atoms with van der Waals surface area (Å²) in [4.78, 5) is 40.4. The van der Waals surface area contributed by atoms with E-state index in [1.807, 2.05) is 6.92 Å². The van der Waals surface area contributed by atoms with Gasteiger partial charge in [-0.3, -0.25) is 14.2 Å². The maximum atomic E-state index is 13.3. The van der Waals surface area contributed by atoms with E-state index in [1.54, 1.807) is 42.5 Å². The monoisotopic (exact) mass is 493 g/mol. The molecule has 2 aromatic carbocycles. The summed E-state index contributed by atoms with van der Waals surface area (Å²) in [7, 11) is 0. The highest BCUT2D eigenvalue weighted by molar-refractivity contribution is 7.18. The topological polar surface area (TPSA) is 73.1 Å². The molecule has 0 bridgehead atoms. The maximum absolute atomic E-state index is 13.3. The van der Waals surface area contributed by atoms with E-state index in [-0.39, 0.29) is 22.3 Å². The minimum absolute atomic E-state index is 0.255. The zero-order chi connectivity index (χ0) is 22.3. The maximum Gasteiger partial charge on any atom is 0.337 e. The number of rotatable bonds is 4. The van der Waals surface area contributed by atoms with Crippen LogP contribution in [0.1, 0.15) is 4.88 Å². The minimum atomic E-state index is -0.651. The number of anilines is 1. The van der Waals surface area contributed by atoms with Crippen molar-refractivity contribution in [2.45, 2.75) is 13.5 Å². The molecule has 0 unspecified atom stereocenters. The lowest BCUT2D eigenvalue weighted by molar-refractivity contribution is -0.116. The fourth-order valence-electron chi connectivity index (χ4n) is 3.19. The molecule has 31 heavy (non-hydrogen) atoms. The smallest absolute Gasteiger partial charge is 0.322 e. The van der Waals surface area contributed by atoms with Gasteiger partial charge >= 0.3 is 5.69 Å². The van der Waals surface area contributed by atoms with Crippen LogP contribution in [0.3, 0.4) is 0 Å². The minimum Gasteiger partial charge on any atom is -0.322 e. The molecule has 6 nitrogen and oxygen atoms in total. The molecule has 2 heterocycles. The van der Waals surface area contributed by atoms with Crippen molar-refractivity contribution < 1.29 is 4.79 Å². The number of carbonyl (C=O) groups is 1. The summed E-state index contributed by atoms with van der Waals surface area (Å²) in [5, 5.41) is 3.90. The second-order valence-electron chi connectivity index (χ2n) is 6.71. The van der Waals surface area contributed by atoms with E-state index in [9.17, 15) is 14.4 Å². The molecule has 0 aliphatic heterocycles. The number of nitrogens with zero attached hydrogens (tertiary/aromatic N) is 2. The van der Waals surface area contributed by atoms with Gasteiger partial charge in [-0.1, -0.05) is 46.9 Å². The first kappa shape index (κ1) is 21.6. The number of halogens is 3. The Bertz CT molecular complexity index is 1440. The predicted molar refractivity (Wildman–Crippen MR) is 127 cm³/mol. The number of hydrogen-bond donors (Lipinski definition) is 1. The molecule has 0 aliphatic carbocycles. The molecule has 2 aromatic heterocycles. The molecule has 1 amide bonds. The summed E-state index contributed by atoms with van der Waals surface area (Å²) in [5.74, 6) is -0.513. The molecule has 4 rings (SSSR count). The number of para-hydroxylation sites is 1. The van der Waals surface area contributed by atoms with Gasteiger partial charge in [-0.25, -0.2) is 9.36 Å². The summed E-state index contributed by atoms with van der Waals surface area (Å²) in [6.45, 7) is 1.49. The van der Waals surface area contributed by atoms with Crippen LogP contribution in [-0.4, -0.2) is 15.0 Å². The summed E-state index contributed by atoms with van der Waals surface area (Å²) in [6.07, 6.45) is 0. The summed E-state index contributed by atoms with van der Waals surface area (Å²) in [5.41, 5.74) is -0.554. The van der Waals surface area contributed by atoms with E-state index in [2.05, 4.69) is 5.32 Å². The van der Waals surface area contributed by atoms with Gasteiger partial charge < -0.3 is 5.32 Å². The average Bonchev–Trinajstić information content (AvgIpc) is 3.10. The van der Waals surface area contributed by atoms with Gasteiger partial charge in [-0.05, 0) is 43.3 Å². The molecule has 0 atom stereocenters. The second-order valence-corrected chi connectivity index (χ2v) is 9.20. The van der Waals surface area contributed by atoms with Crippen LogP contribution in [0.4, 0.5) is 5.69 Å². The third-order valence-corrected chi connectivity index (χ3v) is 6.47. The largest absolute Gasteiger partial charge is 0.337 e. The molecule has 0 saturated carbocycles. The van der Waals surface area contributed by atoms with Crippen LogP contribution in [0.15, 0.2) is 58.1 Å². The molecule has 0 saturated heterocycles. The Morgan fingerprint density at radius 2 is 1.71 bits per heavy atom. The van der Waals surface area contributed by atoms with Crippen molar-refractivity contribution in [3.05, 3.63) is 89.3 Å². The Kier molecular flexibility index (Phi) is 5.94. The highest BCUT2D eigenvalue weighted by Crippen LogP contribution is 2.30. The Morgan fingerprint density at radius 1 is 1.03 bits per heavy atom. The van der Waals surface area contributed by atoms with E-state index in [1.165, 1.54) is 22.0 Å². The molecule has 0 aliphatic rings. The van der Waals surface area contributed by atoms with Crippen LogP contribution in [0.5, 0.6) is 0 Å². The van der Waals surface area contributed by atoms with E-state index >= 15 is 0 Å². The van der Waals surface area contributed by atoms with Crippen molar-refractivity contribution in [3.8, 4) is 5.69 Å². The number of nitrogens with one attached hydrogen (secondary N) is 1. The molecule has 158 valence electrons. The van der Waals surface area contributed by atoms with E-state index in [0.717, 1.165) is 9.44 Å². The Labute approximate surface area is 195 Å². The lowest BCUT2D eigenvalue weighted by Gasteiger charge is -2.13. The molecule has 0 spiro atoms. The summed E-state index contributed by atoms with van der Waals surface area (Å²) in [6, 6.07) is 12.9. The van der Waals surface area contributed by atoms with E-state index in [4.69, 9.17) is 34.8 Å². The fourth-order valence-corrected chi connectivity index (χ4v) is 4.86. The van der Waals surface area contributed by atoms with Crippen molar-refractivity contribution in [2.75, 3.05) is 5.32 Å². The molecule has 4 aromatic rings. The number of benzene rings is 2. The summed E-state index contributed by atoms with van der Waals surface area (Å²) >= 11 is 19.6. The highest BCUT2D eigenvalue weighted by atomic mass is 35.5. The number of thiophene rings is 1. The first-order chi connectivity index (χ1) is 14.8. The number of amides is 1. The van der Waals surface area contributed by atoms with Gasteiger partial charge in [0.15, 0.2) is 0 Å². The summed E-state index contributed by atoms with van der Waals surface area (Å²) < 4.78 is 2.27. The lowest BCUT2D eigenvalue weighted by atomic mass is 10.3. The van der Waals surface area contributed by atoms with Crippen LogP contribution < -0.4 is 16.6 Å². The quantitative estimate of drug-likeness (QED) is 0.428. The number of hydrogen-bond acceptors (Lipinski definition) is 4. The number of aryl methyl sites for hydroxylation is 1. The van der Waals surface area contributed by atoms with Crippen LogP contribution in [0, 0.1) is 6.92 Å². The highest BCUT2D eigenvalue weighted by Gasteiger charge is 2.19. The Balaban J connectivity index is 1.85. The van der Waals surface area contributed by atoms with Crippen LogP contribution >= 0.6 is 46.1 Å². The Morgan fingerprint density at radius 3 is 2.39 bits per heavy atom. The third kappa shape index (κ3) is 4.14. The molecular formula is C21H14Cl3N3O3S. The van der Waals surface area contributed by atoms with Crippen LogP contribution in [-0.2, 0) is 11.3 Å². The number of carbonyl (C=O) groups excluding carboxylic acids is 1. The Hall–Kier alpha value is -2.58. The van der Waals surface area contributed by atoms with Gasteiger partial charge in [-0.2, -0.15) is 0 Å². The van der Waals surface area contributed by atoms with Crippen molar-refractivity contribution in [1.82, 2.24) is 9.13 Å². The van der Waals surface area contributed by atoms with E-state index < -0.39 is 17.2 Å². The first-order valence-electron chi connectivity index (χ1n) is 9.02. The van der Waals surface area contributed by atoms with Gasteiger partial charge in [0.1, 0.15) is 11.4 Å². The van der Waals surface area contributed by atoms with Gasteiger partial charge in [0.2, 0.25) is 5.91 Å². The normalized spacial score (nSPS) is 11.1. The number of aromatic nitrogens is 2. The zero-order valence-electron chi connectivity index (χ0n) is 16.0. The average molecular weight is 495 g/mol. The molecule has 1 N–H and O–H groups in total. The molecule has 0 radical (unpaired) electrons. The van der Waals surface area contributed by atoms with Crippen molar-refractivity contribution in [3.63, 3.8) is 0 Å². The van der Waals surface area contributed by atoms with Crippen molar-refractivity contribution in [2.24, 2.45) is 0 Å². The molecule has 10 heteroatoms. The number of fused-ring (bicyclic) bond motifs is 1. The third-order valence-electron chi connectivity index (χ3n) is 4.53. The standard InChI is InChI=1S/C21H14Cl3N3O3S/c1-11-8-14-19(29)27(13-5-2-4-12(22)9-13)21(30)26(20(14)31-11)10-17(28)25-18-15(23)6-3-7-16(18)24/h2-9H,10H2,1H3,(H,25,28). The van der Waals surface area contributed by atoms with Gasteiger partial charge in [0.05, 0.1) is 26.8 Å². The predicted octanol–water partition coefficient (Wildman–Crippen LogP) is 5.12. The van der Waals surface area contributed by atoms with Crippen LogP contribution in [0.2, 0.25) is 15.1 Å². The molecule has 0 fully saturated rings. The zero-order valence-corrected chi connectivity index (χ0v) is 19.1. The van der Waals surface area contributed by atoms with Gasteiger partial charge in [0, 0.05) is 9.90 Å². The SMILES string of the molecule is Cc1cc2c(=O)n(-c3cccc(Cl)c3)c(=O)n(CC(=O)Nc3c(Cl)cccc3Cl)c2s1. The van der Waals surface area contributed by atoms with Crippen LogP contribution in [0.25, 0.3) is 15.9 Å². The lowest BCUT2D eigenvalue weighted by Crippen LogP contribution is -2.40. The second kappa shape index (κ2) is 8.51. The van der Waals surface area contributed by atoms with Gasteiger partial charge in [-0.15, -0.1) is 11.3 Å².